The van der Waals surface area contributed by atoms with Gasteiger partial charge >= 0.3 is 0 Å². The van der Waals surface area contributed by atoms with Gasteiger partial charge in [0.25, 0.3) is 15.9 Å². The summed E-state index contributed by atoms with van der Waals surface area (Å²) < 4.78 is 38.5. The molecule has 2 aromatic carbocycles. The van der Waals surface area contributed by atoms with Crippen molar-refractivity contribution in [3.8, 4) is 5.75 Å². The lowest BCUT2D eigenvalue weighted by Crippen LogP contribution is -2.34. The number of carbonyl (C=O) groups is 1. The van der Waals surface area contributed by atoms with Crippen molar-refractivity contribution in [2.24, 2.45) is 0 Å². The molecule has 30 heavy (non-hydrogen) atoms. The van der Waals surface area contributed by atoms with E-state index < -0.39 is 10.0 Å². The number of anilines is 1. The third-order valence-electron chi connectivity index (χ3n) is 4.57. The van der Waals surface area contributed by atoms with Gasteiger partial charge in [-0.2, -0.15) is 0 Å². The molecule has 8 heteroatoms. The van der Waals surface area contributed by atoms with Crippen molar-refractivity contribution >= 4 is 21.6 Å². The second-order valence-electron chi connectivity index (χ2n) is 6.97. The van der Waals surface area contributed by atoms with Gasteiger partial charge in [-0.05, 0) is 67.9 Å². The Labute approximate surface area is 176 Å². The molecule has 1 aromatic heterocycles. The van der Waals surface area contributed by atoms with Crippen molar-refractivity contribution < 1.29 is 22.4 Å². The molecule has 0 fully saturated rings. The van der Waals surface area contributed by atoms with E-state index in [2.05, 4.69) is 10.0 Å². The molecule has 0 bridgehead atoms. The van der Waals surface area contributed by atoms with Crippen molar-refractivity contribution in [3.05, 3.63) is 77.7 Å². The first-order valence-electron chi connectivity index (χ1n) is 9.39. The number of benzene rings is 2. The Morgan fingerprint density at radius 3 is 2.50 bits per heavy atom. The molecule has 7 nitrogen and oxygen atoms in total. The highest BCUT2D eigenvalue weighted by atomic mass is 32.2. The van der Waals surface area contributed by atoms with E-state index >= 15 is 0 Å². The minimum Gasteiger partial charge on any atom is -0.497 e. The van der Waals surface area contributed by atoms with E-state index in [1.54, 1.807) is 49.6 Å². The minimum absolute atomic E-state index is 0.00718. The second-order valence-corrected chi connectivity index (χ2v) is 8.65. The fourth-order valence-electron chi connectivity index (χ4n) is 2.97. The molecule has 2 N–H and O–H groups in total. The molecule has 0 aliphatic heterocycles. The molecule has 1 heterocycles. The molecular weight excluding hydrogens is 404 g/mol. The van der Waals surface area contributed by atoms with Crippen LogP contribution in [0.2, 0.25) is 0 Å². The maximum absolute atomic E-state index is 12.8. The highest BCUT2D eigenvalue weighted by molar-refractivity contribution is 7.92. The van der Waals surface area contributed by atoms with E-state index in [0.717, 1.165) is 5.76 Å². The predicted molar refractivity (Wildman–Crippen MR) is 114 cm³/mol. The molecule has 1 amide bonds. The third kappa shape index (κ3) is 5.21. The fraction of sp³-hybridized carbons (Fsp3) is 0.227. The first-order valence-corrected chi connectivity index (χ1v) is 10.9. The summed E-state index contributed by atoms with van der Waals surface area (Å²) in [5, 5.41) is 2.89. The van der Waals surface area contributed by atoms with Gasteiger partial charge in [-0.25, -0.2) is 8.42 Å². The lowest BCUT2D eigenvalue weighted by molar-refractivity contribution is 0.0938. The maximum atomic E-state index is 12.8. The summed E-state index contributed by atoms with van der Waals surface area (Å²) in [5.41, 5.74) is 1.38. The molecule has 1 atom stereocenters. The average molecular weight is 429 g/mol. The molecule has 1 unspecified atom stereocenters. The van der Waals surface area contributed by atoms with Gasteiger partial charge < -0.3 is 14.5 Å². The lowest BCUT2D eigenvalue weighted by atomic mass is 10.1. The summed E-state index contributed by atoms with van der Waals surface area (Å²) in [4.78, 5) is 12.7. The Hall–Kier alpha value is -3.26. The zero-order valence-electron chi connectivity index (χ0n) is 17.0. The van der Waals surface area contributed by atoms with Gasteiger partial charge in [-0.3, -0.25) is 9.52 Å². The summed E-state index contributed by atoms with van der Waals surface area (Å²) in [6.45, 7) is 3.63. The number of rotatable bonds is 8. The summed E-state index contributed by atoms with van der Waals surface area (Å²) >= 11 is 0. The fourth-order valence-corrected chi connectivity index (χ4v) is 4.05. The van der Waals surface area contributed by atoms with Crippen LogP contribution < -0.4 is 14.8 Å². The van der Waals surface area contributed by atoms with E-state index in [0.29, 0.717) is 29.0 Å². The van der Waals surface area contributed by atoms with Crippen LogP contribution in [-0.4, -0.2) is 27.5 Å². The largest absolute Gasteiger partial charge is 0.497 e. The number of methoxy groups -OCH3 is 1. The van der Waals surface area contributed by atoms with Crippen LogP contribution in [0.5, 0.6) is 5.75 Å². The Morgan fingerprint density at radius 1 is 1.13 bits per heavy atom. The van der Waals surface area contributed by atoms with Crippen LogP contribution in [0.3, 0.4) is 0 Å². The molecule has 0 aliphatic carbocycles. The van der Waals surface area contributed by atoms with Crippen molar-refractivity contribution in [3.63, 3.8) is 0 Å². The molecule has 0 saturated heterocycles. The topological polar surface area (TPSA) is 97.6 Å². The smallest absolute Gasteiger partial charge is 0.261 e. The monoisotopic (exact) mass is 428 g/mol. The van der Waals surface area contributed by atoms with Gasteiger partial charge in [0.2, 0.25) is 0 Å². The van der Waals surface area contributed by atoms with E-state index in [-0.39, 0.29) is 16.8 Å². The summed E-state index contributed by atoms with van der Waals surface area (Å²) in [6, 6.07) is 14.5. The van der Waals surface area contributed by atoms with Gasteiger partial charge in [-0.1, -0.05) is 6.07 Å². The molecule has 0 radical (unpaired) electrons. The average Bonchev–Trinajstić information content (AvgIpc) is 3.21. The first kappa shape index (κ1) is 21.4. The number of sulfonamides is 1. The van der Waals surface area contributed by atoms with E-state index in [4.69, 9.17) is 9.15 Å². The normalized spacial score (nSPS) is 12.2. The van der Waals surface area contributed by atoms with E-state index in [9.17, 15) is 13.2 Å². The zero-order valence-corrected chi connectivity index (χ0v) is 17.8. The SMILES string of the molecule is COc1ccc(NS(=O)(=O)c2ccc(C)c(C(=O)NC(C)Cc3ccco3)c2)cc1. The summed E-state index contributed by atoms with van der Waals surface area (Å²) in [6.07, 6.45) is 2.12. The molecule has 158 valence electrons. The van der Waals surface area contributed by atoms with Gasteiger partial charge in [0.15, 0.2) is 0 Å². The maximum Gasteiger partial charge on any atom is 0.261 e. The van der Waals surface area contributed by atoms with Crippen LogP contribution >= 0.6 is 0 Å². The van der Waals surface area contributed by atoms with Gasteiger partial charge in [0.1, 0.15) is 11.5 Å². The van der Waals surface area contributed by atoms with Crippen molar-refractivity contribution in [1.82, 2.24) is 5.32 Å². The Kier molecular flexibility index (Phi) is 6.47. The van der Waals surface area contributed by atoms with Gasteiger partial charge in [-0.15, -0.1) is 0 Å². The van der Waals surface area contributed by atoms with E-state index in [1.165, 1.54) is 19.2 Å². The van der Waals surface area contributed by atoms with Crippen LogP contribution in [0.25, 0.3) is 0 Å². The number of aryl methyl sites for hydroxylation is 1. The molecular formula is C22H24N2O5S. The molecule has 0 spiro atoms. The minimum atomic E-state index is -3.86. The summed E-state index contributed by atoms with van der Waals surface area (Å²) in [7, 11) is -2.33. The van der Waals surface area contributed by atoms with Crippen LogP contribution in [0, 0.1) is 6.92 Å². The number of hydrogen-bond donors (Lipinski definition) is 2. The van der Waals surface area contributed by atoms with Crippen molar-refractivity contribution in [1.29, 1.82) is 0 Å². The number of nitrogens with one attached hydrogen (secondary N) is 2. The number of amides is 1. The number of carbonyl (C=O) groups excluding carboxylic acids is 1. The highest BCUT2D eigenvalue weighted by Crippen LogP contribution is 2.21. The second kappa shape index (κ2) is 9.04. The zero-order chi connectivity index (χ0) is 21.7. The van der Waals surface area contributed by atoms with Crippen LogP contribution in [0.15, 0.2) is 70.2 Å². The molecule has 3 rings (SSSR count). The molecule has 0 aliphatic rings. The Morgan fingerprint density at radius 2 is 1.87 bits per heavy atom. The van der Waals surface area contributed by atoms with E-state index in [1.807, 2.05) is 13.0 Å². The van der Waals surface area contributed by atoms with Crippen LogP contribution in [0.1, 0.15) is 28.6 Å². The summed E-state index contributed by atoms with van der Waals surface area (Å²) in [5.74, 6) is 1.04. The Bertz CT molecular complexity index is 1110. The molecule has 0 saturated carbocycles. The molecule has 3 aromatic rings. The predicted octanol–water partition coefficient (Wildman–Crippen LogP) is 3.76. The van der Waals surface area contributed by atoms with Crippen LogP contribution in [-0.2, 0) is 16.4 Å². The van der Waals surface area contributed by atoms with Crippen LogP contribution in [0.4, 0.5) is 5.69 Å². The Balaban J connectivity index is 1.76. The quantitative estimate of drug-likeness (QED) is 0.569. The lowest BCUT2D eigenvalue weighted by Gasteiger charge is -2.15. The van der Waals surface area contributed by atoms with Crippen molar-refractivity contribution in [2.45, 2.75) is 31.2 Å². The number of furan rings is 1. The van der Waals surface area contributed by atoms with Gasteiger partial charge in [0, 0.05) is 23.7 Å². The third-order valence-corrected chi connectivity index (χ3v) is 5.95. The number of ether oxygens (including phenoxy) is 1. The first-order chi connectivity index (χ1) is 14.3. The van der Waals surface area contributed by atoms with Gasteiger partial charge in [0.05, 0.1) is 18.3 Å². The highest BCUT2D eigenvalue weighted by Gasteiger charge is 2.19. The van der Waals surface area contributed by atoms with Crippen molar-refractivity contribution in [2.75, 3.05) is 11.8 Å². The standard InChI is InChI=1S/C22H24N2O5S/c1-15-6-11-20(30(26,27)24-17-7-9-18(28-3)10-8-17)14-21(15)22(25)23-16(2)13-19-5-4-12-29-19/h4-12,14,16,24H,13H2,1-3H3,(H,23,25). The number of hydrogen-bond acceptors (Lipinski definition) is 5.